The highest BCUT2D eigenvalue weighted by Gasteiger charge is 2.38. The van der Waals surface area contributed by atoms with Crippen molar-refractivity contribution in [1.82, 2.24) is 19.3 Å². The van der Waals surface area contributed by atoms with Gasteiger partial charge in [-0.15, -0.1) is 10.2 Å². The molecule has 0 bridgehead atoms. The van der Waals surface area contributed by atoms with Crippen LogP contribution in [0, 0.1) is 25.5 Å². The predicted octanol–water partition coefficient (Wildman–Crippen LogP) is 4.01. The molecule has 166 valence electrons. The third-order valence-electron chi connectivity index (χ3n) is 5.99. The Morgan fingerprint density at radius 1 is 1.09 bits per heavy atom. The summed E-state index contributed by atoms with van der Waals surface area (Å²) < 4.78 is 56.9. The Labute approximate surface area is 184 Å². The molecule has 1 aliphatic rings. The molecule has 2 aromatic carbocycles. The third-order valence-corrected chi connectivity index (χ3v) is 6.53. The Morgan fingerprint density at radius 2 is 1.84 bits per heavy atom. The van der Waals surface area contributed by atoms with E-state index in [1.807, 2.05) is 13.8 Å². The van der Waals surface area contributed by atoms with E-state index in [1.165, 1.54) is 0 Å². The smallest absolute Gasteiger partial charge is 0.184 e. The summed E-state index contributed by atoms with van der Waals surface area (Å²) in [6.07, 6.45) is 1.63. The van der Waals surface area contributed by atoms with Gasteiger partial charge in [0.25, 0.3) is 0 Å². The number of benzene rings is 2. The molecule has 7 nitrogen and oxygen atoms in total. The summed E-state index contributed by atoms with van der Waals surface area (Å²) >= 11 is 0. The number of thiol groups is 1. The van der Waals surface area contributed by atoms with Gasteiger partial charge in [0.1, 0.15) is 11.7 Å². The van der Waals surface area contributed by atoms with Crippen molar-refractivity contribution in [2.75, 3.05) is 5.32 Å². The van der Waals surface area contributed by atoms with Crippen LogP contribution in [0.25, 0.3) is 27.7 Å². The minimum Gasteiger partial charge on any atom is -0.369 e. The number of rotatable bonds is 3. The molecule has 1 aliphatic heterocycles. The second kappa shape index (κ2) is 6.86. The topological polar surface area (TPSA) is 81.8 Å². The van der Waals surface area contributed by atoms with Gasteiger partial charge in [0, 0.05) is 22.7 Å². The highest BCUT2D eigenvalue weighted by molar-refractivity contribution is 7.71. The second-order valence-electron chi connectivity index (χ2n) is 8.51. The molecular weight excluding hydrogens is 436 g/mol. The van der Waals surface area contributed by atoms with Gasteiger partial charge in [-0.2, -0.15) is 0 Å². The lowest BCUT2D eigenvalue weighted by Gasteiger charge is -2.35. The molecular formula is C22H21F2N5O2S. The molecule has 2 aromatic heterocycles. The molecule has 5 rings (SSSR count). The molecule has 0 amide bonds. The van der Waals surface area contributed by atoms with Crippen LogP contribution in [0.4, 0.5) is 14.5 Å². The van der Waals surface area contributed by atoms with Crippen molar-refractivity contribution >= 4 is 27.3 Å². The number of fused-ring (bicyclic) bond motifs is 4. The highest BCUT2D eigenvalue weighted by atomic mass is 32.2. The van der Waals surface area contributed by atoms with Gasteiger partial charge < -0.3 is 9.88 Å². The number of anilines is 1. The van der Waals surface area contributed by atoms with Gasteiger partial charge in [-0.05, 0) is 51.0 Å². The summed E-state index contributed by atoms with van der Waals surface area (Å²) in [4.78, 5) is 0. The molecule has 0 spiro atoms. The molecule has 0 saturated carbocycles. The van der Waals surface area contributed by atoms with Gasteiger partial charge in [0.15, 0.2) is 28.2 Å². The maximum atomic E-state index is 15.6. The Kier molecular flexibility index (Phi) is 4.42. The number of hydrogen-bond donors (Lipinski definition) is 2. The molecule has 3 heterocycles. The van der Waals surface area contributed by atoms with Gasteiger partial charge in [-0.1, -0.05) is 12.1 Å². The molecule has 0 unspecified atom stereocenters. The van der Waals surface area contributed by atoms with Crippen LogP contribution in [0.5, 0.6) is 0 Å². The van der Waals surface area contributed by atoms with Crippen molar-refractivity contribution in [3.05, 3.63) is 59.3 Å². The molecule has 0 radical (unpaired) electrons. The van der Waals surface area contributed by atoms with Crippen LogP contribution >= 0.6 is 0 Å². The number of aromatic nitrogens is 4. The van der Waals surface area contributed by atoms with Crippen molar-refractivity contribution in [3.8, 4) is 16.8 Å². The van der Waals surface area contributed by atoms with Gasteiger partial charge in [0.2, 0.25) is 0 Å². The summed E-state index contributed by atoms with van der Waals surface area (Å²) in [6.45, 7) is 7.18. The van der Waals surface area contributed by atoms with Crippen molar-refractivity contribution < 1.29 is 17.2 Å². The Hall–Kier alpha value is -3.27. The molecule has 0 atom stereocenters. The standard InChI is InChI=1S/C22H21F2N5O2S/c1-11-16(14-6-5-7-15-13(14)8-9-28(15)10-32(30)31)17(23)18(24)19-20(11)29-12(2)26-27-21(29)22(3,4)25-19/h5-9,25,32H,10H2,1-4H3. The monoisotopic (exact) mass is 457 g/mol. The van der Waals surface area contributed by atoms with Crippen LogP contribution in [0.15, 0.2) is 30.5 Å². The summed E-state index contributed by atoms with van der Waals surface area (Å²) in [5.41, 5.74) is 1.54. The lowest BCUT2D eigenvalue weighted by Crippen LogP contribution is -2.37. The van der Waals surface area contributed by atoms with Gasteiger partial charge >= 0.3 is 0 Å². The average molecular weight is 458 g/mol. The zero-order valence-electron chi connectivity index (χ0n) is 17.9. The molecule has 4 aromatic rings. The molecule has 1 N–H and O–H groups in total. The number of aryl methyl sites for hydroxylation is 1. The maximum absolute atomic E-state index is 15.6. The Morgan fingerprint density at radius 3 is 2.56 bits per heavy atom. The quantitative estimate of drug-likeness (QED) is 0.454. The molecule has 32 heavy (non-hydrogen) atoms. The summed E-state index contributed by atoms with van der Waals surface area (Å²) in [5.74, 6) is -0.962. The van der Waals surface area contributed by atoms with Crippen LogP contribution in [0.2, 0.25) is 0 Å². The Bertz CT molecular complexity index is 1490. The van der Waals surface area contributed by atoms with E-state index in [9.17, 15) is 8.42 Å². The predicted molar refractivity (Wildman–Crippen MR) is 119 cm³/mol. The van der Waals surface area contributed by atoms with E-state index in [0.29, 0.717) is 39.4 Å². The SMILES string of the molecule is Cc1c(-c2cccc3c2ccn3C[SH](=O)=O)c(F)c(F)c2c1-n1c(C)nnc1C(C)(C)N2. The first-order valence-electron chi connectivity index (χ1n) is 10.0. The van der Waals surface area contributed by atoms with E-state index < -0.39 is 27.9 Å². The minimum absolute atomic E-state index is 0.0669. The van der Waals surface area contributed by atoms with Gasteiger partial charge in [-0.3, -0.25) is 4.57 Å². The van der Waals surface area contributed by atoms with E-state index in [2.05, 4.69) is 15.5 Å². The zero-order chi connectivity index (χ0) is 22.9. The normalized spacial score (nSPS) is 14.5. The van der Waals surface area contributed by atoms with Crippen LogP contribution in [0.3, 0.4) is 0 Å². The third kappa shape index (κ3) is 2.78. The van der Waals surface area contributed by atoms with E-state index in [-0.39, 0.29) is 17.1 Å². The van der Waals surface area contributed by atoms with Crippen LogP contribution in [0.1, 0.15) is 31.1 Å². The zero-order valence-corrected chi connectivity index (χ0v) is 18.8. The van der Waals surface area contributed by atoms with Crippen LogP contribution in [-0.2, 0) is 22.1 Å². The van der Waals surface area contributed by atoms with E-state index in [4.69, 9.17) is 0 Å². The first-order chi connectivity index (χ1) is 15.1. The molecule has 0 saturated heterocycles. The number of halogens is 2. The lowest BCUT2D eigenvalue weighted by molar-refractivity contribution is 0.488. The second-order valence-corrected chi connectivity index (χ2v) is 9.45. The molecule has 10 heteroatoms. The highest BCUT2D eigenvalue weighted by Crippen LogP contribution is 2.45. The van der Waals surface area contributed by atoms with E-state index in [0.717, 1.165) is 0 Å². The Balaban J connectivity index is 1.84. The fraction of sp³-hybridized carbons (Fsp3) is 0.273. The van der Waals surface area contributed by atoms with E-state index >= 15 is 8.78 Å². The van der Waals surface area contributed by atoms with Gasteiger partial charge in [0.05, 0.1) is 16.9 Å². The fourth-order valence-electron chi connectivity index (χ4n) is 4.60. The van der Waals surface area contributed by atoms with Gasteiger partial charge in [-0.25, -0.2) is 17.2 Å². The van der Waals surface area contributed by atoms with Crippen LogP contribution < -0.4 is 5.32 Å². The number of nitrogens with zero attached hydrogens (tertiary/aromatic N) is 4. The summed E-state index contributed by atoms with van der Waals surface area (Å²) in [7, 11) is -2.65. The van der Waals surface area contributed by atoms with E-state index in [1.54, 1.807) is 53.4 Å². The van der Waals surface area contributed by atoms with Crippen molar-refractivity contribution in [3.63, 3.8) is 0 Å². The summed E-state index contributed by atoms with van der Waals surface area (Å²) in [6, 6.07) is 6.89. The summed E-state index contributed by atoms with van der Waals surface area (Å²) in [5, 5.41) is 12.1. The van der Waals surface area contributed by atoms with Crippen molar-refractivity contribution in [1.29, 1.82) is 0 Å². The number of nitrogens with one attached hydrogen (secondary N) is 1. The molecule has 0 fully saturated rings. The fourth-order valence-corrected chi connectivity index (χ4v) is 5.10. The van der Waals surface area contributed by atoms with Crippen molar-refractivity contribution in [2.24, 2.45) is 0 Å². The van der Waals surface area contributed by atoms with Crippen LogP contribution in [-0.4, -0.2) is 27.7 Å². The maximum Gasteiger partial charge on any atom is 0.184 e. The number of hydrogen-bond acceptors (Lipinski definition) is 5. The minimum atomic E-state index is -2.65. The van der Waals surface area contributed by atoms with Crippen molar-refractivity contribution in [2.45, 2.75) is 39.1 Å². The molecule has 0 aliphatic carbocycles. The first-order valence-corrected chi connectivity index (χ1v) is 11.4. The lowest BCUT2D eigenvalue weighted by atomic mass is 9.91. The average Bonchev–Trinajstić information content (AvgIpc) is 3.31. The first kappa shape index (κ1) is 20.6. The largest absolute Gasteiger partial charge is 0.369 e.